The number of nitrogens with zero attached hydrogens (tertiary/aromatic N) is 5. The number of piperidine rings is 1. The SMILES string of the molecule is CC1CCN(c2ccc(N3CCN(C(=O)C4(c5ccc(Cl)cc5)CCCC4)CC3)nn2)CC1. The maximum Gasteiger partial charge on any atom is 0.233 e. The van der Waals surface area contributed by atoms with Crippen LogP contribution < -0.4 is 9.80 Å². The molecule has 1 amide bonds. The molecule has 1 aliphatic carbocycles. The molecule has 3 heterocycles. The van der Waals surface area contributed by atoms with Crippen LogP contribution in [0.3, 0.4) is 0 Å². The number of carbonyl (C=O) groups excluding carboxylic acids is 1. The Kier molecular flexibility index (Phi) is 6.46. The van der Waals surface area contributed by atoms with Gasteiger partial charge in [0.1, 0.15) is 0 Å². The maximum atomic E-state index is 13.7. The Labute approximate surface area is 201 Å². The van der Waals surface area contributed by atoms with Gasteiger partial charge in [-0.2, -0.15) is 0 Å². The van der Waals surface area contributed by atoms with Crippen LogP contribution >= 0.6 is 11.6 Å². The van der Waals surface area contributed by atoms with Crippen molar-refractivity contribution in [1.82, 2.24) is 15.1 Å². The number of amides is 1. The Balaban J connectivity index is 1.22. The molecule has 5 rings (SSSR count). The largest absolute Gasteiger partial charge is 0.355 e. The highest BCUT2D eigenvalue weighted by molar-refractivity contribution is 6.30. The zero-order valence-corrected chi connectivity index (χ0v) is 20.3. The van der Waals surface area contributed by atoms with Gasteiger partial charge in [-0.1, -0.05) is 43.5 Å². The fourth-order valence-electron chi connectivity index (χ4n) is 5.71. The first-order valence-corrected chi connectivity index (χ1v) is 12.8. The van der Waals surface area contributed by atoms with Gasteiger partial charge in [-0.05, 0) is 61.4 Å². The normalized spacial score (nSPS) is 21.5. The Morgan fingerprint density at radius 2 is 1.39 bits per heavy atom. The molecule has 1 aromatic carbocycles. The topological polar surface area (TPSA) is 52.6 Å². The zero-order chi connectivity index (χ0) is 22.8. The van der Waals surface area contributed by atoms with E-state index in [4.69, 9.17) is 11.6 Å². The van der Waals surface area contributed by atoms with Crippen molar-refractivity contribution in [3.8, 4) is 0 Å². The quantitative estimate of drug-likeness (QED) is 0.661. The van der Waals surface area contributed by atoms with Crippen LogP contribution in [0.25, 0.3) is 0 Å². The molecule has 0 N–H and O–H groups in total. The third-order valence-corrected chi connectivity index (χ3v) is 8.15. The summed E-state index contributed by atoms with van der Waals surface area (Å²) < 4.78 is 0. The van der Waals surface area contributed by atoms with Gasteiger partial charge in [0, 0.05) is 44.3 Å². The summed E-state index contributed by atoms with van der Waals surface area (Å²) in [5.41, 5.74) is 0.727. The molecule has 3 aliphatic rings. The van der Waals surface area contributed by atoms with Crippen molar-refractivity contribution in [3.63, 3.8) is 0 Å². The van der Waals surface area contributed by atoms with Gasteiger partial charge in [0.15, 0.2) is 11.6 Å². The van der Waals surface area contributed by atoms with Gasteiger partial charge in [0.2, 0.25) is 5.91 Å². The Hall–Kier alpha value is -2.34. The predicted molar refractivity (Wildman–Crippen MR) is 133 cm³/mol. The molecule has 0 spiro atoms. The average molecular weight is 468 g/mol. The predicted octanol–water partition coefficient (Wildman–Crippen LogP) is 4.53. The van der Waals surface area contributed by atoms with Gasteiger partial charge < -0.3 is 14.7 Å². The first kappa shape index (κ1) is 22.5. The molecule has 1 saturated carbocycles. The zero-order valence-electron chi connectivity index (χ0n) is 19.5. The molecule has 1 aromatic heterocycles. The van der Waals surface area contributed by atoms with Crippen molar-refractivity contribution in [1.29, 1.82) is 0 Å². The van der Waals surface area contributed by atoms with E-state index in [-0.39, 0.29) is 11.3 Å². The molecule has 2 aromatic rings. The summed E-state index contributed by atoms with van der Waals surface area (Å²) in [6, 6.07) is 12.1. The highest BCUT2D eigenvalue weighted by Gasteiger charge is 2.45. The summed E-state index contributed by atoms with van der Waals surface area (Å²) >= 11 is 6.11. The van der Waals surface area contributed by atoms with E-state index in [2.05, 4.69) is 44.0 Å². The number of halogens is 1. The van der Waals surface area contributed by atoms with E-state index in [1.54, 1.807) is 0 Å². The lowest BCUT2D eigenvalue weighted by Crippen LogP contribution is -2.54. The number of hydrogen-bond acceptors (Lipinski definition) is 5. The lowest BCUT2D eigenvalue weighted by atomic mass is 9.77. The van der Waals surface area contributed by atoms with E-state index in [0.29, 0.717) is 0 Å². The molecule has 7 heteroatoms. The second kappa shape index (κ2) is 9.49. The van der Waals surface area contributed by atoms with Crippen molar-refractivity contribution in [2.75, 3.05) is 49.1 Å². The lowest BCUT2D eigenvalue weighted by molar-refractivity contribution is -0.137. The molecule has 176 valence electrons. The van der Waals surface area contributed by atoms with Gasteiger partial charge in [-0.25, -0.2) is 0 Å². The number of piperazine rings is 1. The molecular formula is C26H34ClN5O. The molecular weight excluding hydrogens is 434 g/mol. The van der Waals surface area contributed by atoms with Crippen molar-refractivity contribution in [2.45, 2.75) is 50.9 Å². The van der Waals surface area contributed by atoms with Crippen molar-refractivity contribution in [3.05, 3.63) is 47.0 Å². The summed E-state index contributed by atoms with van der Waals surface area (Å²) in [6.07, 6.45) is 6.50. The Bertz CT molecular complexity index is 942. The number of benzene rings is 1. The van der Waals surface area contributed by atoms with Gasteiger partial charge in [-0.3, -0.25) is 4.79 Å². The van der Waals surface area contributed by atoms with Crippen molar-refractivity contribution < 1.29 is 4.79 Å². The average Bonchev–Trinajstić information content (AvgIpc) is 3.36. The smallest absolute Gasteiger partial charge is 0.233 e. The van der Waals surface area contributed by atoms with Gasteiger partial charge in [-0.15, -0.1) is 10.2 Å². The third kappa shape index (κ3) is 4.54. The van der Waals surface area contributed by atoms with Gasteiger partial charge in [0.25, 0.3) is 0 Å². The molecule has 3 fully saturated rings. The number of anilines is 2. The van der Waals surface area contributed by atoms with Gasteiger partial charge in [0.05, 0.1) is 5.41 Å². The van der Waals surface area contributed by atoms with Crippen LogP contribution in [0, 0.1) is 5.92 Å². The Morgan fingerprint density at radius 3 is 1.94 bits per heavy atom. The number of hydrogen-bond donors (Lipinski definition) is 0. The summed E-state index contributed by atoms with van der Waals surface area (Å²) in [4.78, 5) is 20.4. The summed E-state index contributed by atoms with van der Waals surface area (Å²) in [6.45, 7) is 7.47. The summed E-state index contributed by atoms with van der Waals surface area (Å²) in [5.74, 6) is 2.97. The minimum atomic E-state index is -0.389. The summed E-state index contributed by atoms with van der Waals surface area (Å²) in [5, 5.41) is 9.77. The van der Waals surface area contributed by atoms with Crippen LogP contribution in [0.1, 0.15) is 51.0 Å². The van der Waals surface area contributed by atoms with Crippen LogP contribution in [0.4, 0.5) is 11.6 Å². The molecule has 6 nitrogen and oxygen atoms in total. The molecule has 2 saturated heterocycles. The molecule has 0 radical (unpaired) electrons. The van der Waals surface area contributed by atoms with E-state index in [0.717, 1.165) is 93.1 Å². The number of rotatable bonds is 4. The van der Waals surface area contributed by atoms with Crippen molar-refractivity contribution in [2.24, 2.45) is 5.92 Å². The molecule has 2 aliphatic heterocycles. The first-order chi connectivity index (χ1) is 16.0. The molecule has 33 heavy (non-hydrogen) atoms. The lowest BCUT2D eigenvalue weighted by Gasteiger charge is -2.40. The van der Waals surface area contributed by atoms with E-state index in [9.17, 15) is 4.79 Å². The highest BCUT2D eigenvalue weighted by atomic mass is 35.5. The third-order valence-electron chi connectivity index (χ3n) is 7.90. The highest BCUT2D eigenvalue weighted by Crippen LogP contribution is 2.43. The van der Waals surface area contributed by atoms with Crippen LogP contribution in [0.15, 0.2) is 36.4 Å². The molecule has 0 atom stereocenters. The van der Waals surface area contributed by atoms with Gasteiger partial charge >= 0.3 is 0 Å². The second-order valence-corrected chi connectivity index (χ2v) is 10.4. The maximum absolute atomic E-state index is 13.7. The van der Waals surface area contributed by atoms with Crippen LogP contribution in [-0.4, -0.2) is 60.3 Å². The van der Waals surface area contributed by atoms with E-state index >= 15 is 0 Å². The number of aromatic nitrogens is 2. The number of carbonyl (C=O) groups is 1. The van der Waals surface area contributed by atoms with Crippen LogP contribution in [-0.2, 0) is 10.2 Å². The standard InChI is InChI=1S/C26H34ClN5O/c1-20-10-14-30(15-11-20)23-8-9-24(29-28-23)31-16-18-32(19-17-31)25(33)26(12-2-3-13-26)21-4-6-22(27)7-5-21/h4-9,20H,2-3,10-19H2,1H3. The second-order valence-electron chi connectivity index (χ2n) is 9.99. The fourth-order valence-corrected chi connectivity index (χ4v) is 5.83. The first-order valence-electron chi connectivity index (χ1n) is 12.4. The van der Waals surface area contributed by atoms with E-state index in [1.807, 2.05) is 24.3 Å². The van der Waals surface area contributed by atoms with Crippen LogP contribution in [0.2, 0.25) is 5.02 Å². The Morgan fingerprint density at radius 1 is 0.848 bits per heavy atom. The summed E-state index contributed by atoms with van der Waals surface area (Å²) in [7, 11) is 0. The monoisotopic (exact) mass is 467 g/mol. The van der Waals surface area contributed by atoms with Crippen molar-refractivity contribution >= 4 is 29.1 Å². The molecule has 0 bridgehead atoms. The minimum absolute atomic E-state index is 0.280. The fraction of sp³-hybridized carbons (Fsp3) is 0.577. The molecule has 0 unspecified atom stereocenters. The minimum Gasteiger partial charge on any atom is -0.355 e. The van der Waals surface area contributed by atoms with E-state index in [1.165, 1.54) is 12.8 Å². The van der Waals surface area contributed by atoms with Crippen LogP contribution in [0.5, 0.6) is 0 Å². The van der Waals surface area contributed by atoms with E-state index < -0.39 is 0 Å².